The van der Waals surface area contributed by atoms with Crippen LogP contribution in [0.5, 0.6) is 0 Å². The zero-order chi connectivity index (χ0) is 14.0. The molecule has 0 radical (unpaired) electrons. The average Bonchev–Trinajstić information content (AvgIpc) is 2.79. The minimum absolute atomic E-state index is 0.0556. The van der Waals surface area contributed by atoms with Gasteiger partial charge in [-0.2, -0.15) is 5.10 Å². The van der Waals surface area contributed by atoms with Gasteiger partial charge in [-0.05, 0) is 19.9 Å². The molecular weight excluding hydrogens is 242 g/mol. The van der Waals surface area contributed by atoms with Crippen LogP contribution in [0.4, 0.5) is 5.69 Å². The molecular formula is C13H23N5O. The number of nitrogens with zero attached hydrogens (tertiary/aromatic N) is 3. The van der Waals surface area contributed by atoms with Gasteiger partial charge >= 0.3 is 0 Å². The summed E-state index contributed by atoms with van der Waals surface area (Å²) in [6, 6.07) is 0.420. The van der Waals surface area contributed by atoms with Gasteiger partial charge in [0, 0.05) is 25.7 Å². The topological polar surface area (TPSA) is 78.2 Å². The third-order valence-electron chi connectivity index (χ3n) is 3.97. The van der Waals surface area contributed by atoms with Gasteiger partial charge in [0.1, 0.15) is 0 Å². The number of hydrogen-bond acceptors (Lipinski definition) is 4. The van der Waals surface area contributed by atoms with E-state index >= 15 is 0 Å². The highest BCUT2D eigenvalue weighted by Crippen LogP contribution is 2.19. The quantitative estimate of drug-likeness (QED) is 0.844. The number of aryl methyl sites for hydroxylation is 1. The summed E-state index contributed by atoms with van der Waals surface area (Å²) < 4.78 is 0. The number of amides is 1. The molecule has 106 valence electrons. The maximum Gasteiger partial charge on any atom is 0.276 e. The monoisotopic (exact) mass is 265 g/mol. The summed E-state index contributed by atoms with van der Waals surface area (Å²) in [5.41, 5.74) is 7.67. The van der Waals surface area contributed by atoms with Gasteiger partial charge in [-0.25, -0.2) is 0 Å². The fourth-order valence-electron chi connectivity index (χ4n) is 2.54. The van der Waals surface area contributed by atoms with Gasteiger partial charge in [0.15, 0.2) is 5.69 Å². The molecule has 1 aliphatic rings. The number of likely N-dealkylation sites (N-methyl/N-ethyl adjacent to an activating group) is 1. The molecule has 0 saturated carbocycles. The van der Waals surface area contributed by atoms with Gasteiger partial charge in [0.05, 0.1) is 11.4 Å². The van der Waals surface area contributed by atoms with E-state index in [2.05, 4.69) is 29.1 Å². The van der Waals surface area contributed by atoms with Crippen molar-refractivity contribution in [2.24, 2.45) is 0 Å². The number of H-pyrrole nitrogens is 1. The van der Waals surface area contributed by atoms with Crippen molar-refractivity contribution < 1.29 is 4.79 Å². The number of anilines is 1. The third-order valence-corrected chi connectivity index (χ3v) is 3.97. The van der Waals surface area contributed by atoms with Gasteiger partial charge in [-0.1, -0.05) is 13.8 Å². The molecule has 1 amide bonds. The molecule has 1 atom stereocenters. The highest BCUT2D eigenvalue weighted by atomic mass is 16.2. The summed E-state index contributed by atoms with van der Waals surface area (Å²) in [6.07, 6.45) is 1.79. The molecule has 2 heterocycles. The molecule has 3 N–H and O–H groups in total. The summed E-state index contributed by atoms with van der Waals surface area (Å²) in [5, 5.41) is 6.92. The fourth-order valence-corrected chi connectivity index (χ4v) is 2.54. The first-order valence-electron chi connectivity index (χ1n) is 6.90. The predicted molar refractivity (Wildman–Crippen MR) is 75.0 cm³/mol. The molecule has 1 aromatic rings. The second kappa shape index (κ2) is 5.61. The van der Waals surface area contributed by atoms with Gasteiger partial charge < -0.3 is 10.6 Å². The van der Waals surface area contributed by atoms with Crippen LogP contribution in [0, 0.1) is 0 Å². The fraction of sp³-hybridized carbons (Fsp3) is 0.692. The minimum atomic E-state index is -0.0556. The van der Waals surface area contributed by atoms with E-state index in [1.165, 1.54) is 0 Å². The Bertz CT molecular complexity index is 456. The average molecular weight is 265 g/mol. The Labute approximate surface area is 113 Å². The summed E-state index contributed by atoms with van der Waals surface area (Å²) in [6.45, 7) is 6.52. The molecule has 1 saturated heterocycles. The van der Waals surface area contributed by atoms with Crippen LogP contribution >= 0.6 is 0 Å². The lowest BCUT2D eigenvalue weighted by Crippen LogP contribution is -2.53. The summed E-state index contributed by atoms with van der Waals surface area (Å²) in [4.78, 5) is 16.6. The maximum absolute atomic E-state index is 12.5. The van der Waals surface area contributed by atoms with E-state index in [0.717, 1.165) is 38.2 Å². The smallest absolute Gasteiger partial charge is 0.276 e. The van der Waals surface area contributed by atoms with Gasteiger partial charge in [-0.15, -0.1) is 0 Å². The van der Waals surface area contributed by atoms with Crippen LogP contribution in [0.15, 0.2) is 0 Å². The lowest BCUT2D eigenvalue weighted by molar-refractivity contribution is 0.0537. The first-order chi connectivity index (χ1) is 9.08. The molecule has 1 unspecified atom stereocenters. The molecule has 2 rings (SSSR count). The van der Waals surface area contributed by atoms with E-state index < -0.39 is 0 Å². The Hall–Kier alpha value is -1.56. The number of hydrogen-bond donors (Lipinski definition) is 2. The van der Waals surface area contributed by atoms with Crippen molar-refractivity contribution in [1.29, 1.82) is 0 Å². The van der Waals surface area contributed by atoms with Crippen molar-refractivity contribution in [3.8, 4) is 0 Å². The number of aromatic nitrogens is 2. The summed E-state index contributed by atoms with van der Waals surface area (Å²) in [5.74, 6) is -0.0556. The van der Waals surface area contributed by atoms with Crippen molar-refractivity contribution in [1.82, 2.24) is 20.0 Å². The van der Waals surface area contributed by atoms with Crippen molar-refractivity contribution in [2.75, 3.05) is 32.4 Å². The standard InChI is InChI=1S/C13H23N5O/c1-4-9-8-18(7-6-17(9)3)13(19)12-11(14)10(5-2)15-16-12/h9H,4-8,14H2,1-3H3,(H,15,16). The number of aromatic amines is 1. The first-order valence-corrected chi connectivity index (χ1v) is 6.90. The van der Waals surface area contributed by atoms with E-state index in [0.29, 0.717) is 17.4 Å². The van der Waals surface area contributed by atoms with Crippen molar-refractivity contribution in [3.63, 3.8) is 0 Å². The molecule has 19 heavy (non-hydrogen) atoms. The molecule has 1 aliphatic heterocycles. The SMILES string of the molecule is CCc1[nH]nc(C(=O)N2CCN(C)C(CC)C2)c1N. The van der Waals surface area contributed by atoms with E-state index in [4.69, 9.17) is 5.73 Å². The first kappa shape index (κ1) is 13.9. The molecule has 0 bridgehead atoms. The van der Waals surface area contributed by atoms with Gasteiger partial charge in [-0.3, -0.25) is 14.8 Å². The van der Waals surface area contributed by atoms with E-state index in [1.807, 2.05) is 11.8 Å². The number of piperazine rings is 1. The third kappa shape index (κ3) is 2.58. The molecule has 0 spiro atoms. The second-order valence-corrected chi connectivity index (χ2v) is 5.11. The van der Waals surface area contributed by atoms with Crippen molar-refractivity contribution in [2.45, 2.75) is 32.7 Å². The number of carbonyl (C=O) groups excluding carboxylic acids is 1. The Morgan fingerprint density at radius 1 is 1.47 bits per heavy atom. The van der Waals surface area contributed by atoms with Gasteiger partial charge in [0.2, 0.25) is 0 Å². The number of nitrogens with two attached hydrogens (primary N) is 1. The number of nitrogens with one attached hydrogen (secondary N) is 1. The molecule has 1 aromatic heterocycles. The lowest BCUT2D eigenvalue weighted by atomic mass is 10.1. The van der Waals surface area contributed by atoms with E-state index in [1.54, 1.807) is 0 Å². The minimum Gasteiger partial charge on any atom is -0.395 e. The molecule has 0 aromatic carbocycles. The van der Waals surface area contributed by atoms with Crippen molar-refractivity contribution in [3.05, 3.63) is 11.4 Å². The van der Waals surface area contributed by atoms with Crippen LogP contribution in [0.25, 0.3) is 0 Å². The summed E-state index contributed by atoms with van der Waals surface area (Å²) in [7, 11) is 2.11. The predicted octanol–water partition coefficient (Wildman–Crippen LogP) is 0.721. The zero-order valence-electron chi connectivity index (χ0n) is 11.9. The van der Waals surface area contributed by atoms with Crippen LogP contribution < -0.4 is 5.73 Å². The number of carbonyl (C=O) groups is 1. The number of nitrogen functional groups attached to an aromatic ring is 1. The Morgan fingerprint density at radius 2 is 2.21 bits per heavy atom. The molecule has 6 heteroatoms. The maximum atomic E-state index is 12.5. The molecule has 6 nitrogen and oxygen atoms in total. The second-order valence-electron chi connectivity index (χ2n) is 5.11. The van der Waals surface area contributed by atoms with Crippen LogP contribution in [0.2, 0.25) is 0 Å². The van der Waals surface area contributed by atoms with Crippen molar-refractivity contribution >= 4 is 11.6 Å². The largest absolute Gasteiger partial charge is 0.395 e. The Morgan fingerprint density at radius 3 is 2.79 bits per heavy atom. The highest BCUT2D eigenvalue weighted by Gasteiger charge is 2.29. The van der Waals surface area contributed by atoms with Crippen LogP contribution in [-0.2, 0) is 6.42 Å². The zero-order valence-corrected chi connectivity index (χ0v) is 11.9. The Balaban J connectivity index is 2.13. The Kier molecular flexibility index (Phi) is 4.09. The van der Waals surface area contributed by atoms with E-state index in [-0.39, 0.29) is 5.91 Å². The normalized spacial score (nSPS) is 20.8. The molecule has 1 fully saturated rings. The highest BCUT2D eigenvalue weighted by molar-refractivity contribution is 5.97. The van der Waals surface area contributed by atoms with Crippen LogP contribution in [-0.4, -0.2) is 58.6 Å². The van der Waals surface area contributed by atoms with Crippen LogP contribution in [0.1, 0.15) is 36.5 Å². The molecule has 0 aliphatic carbocycles. The lowest BCUT2D eigenvalue weighted by Gasteiger charge is -2.38. The van der Waals surface area contributed by atoms with Gasteiger partial charge in [0.25, 0.3) is 5.91 Å². The number of rotatable bonds is 3. The summed E-state index contributed by atoms with van der Waals surface area (Å²) >= 11 is 0. The van der Waals surface area contributed by atoms with Crippen LogP contribution in [0.3, 0.4) is 0 Å². The van der Waals surface area contributed by atoms with E-state index in [9.17, 15) is 4.79 Å².